The number of hydrogen-bond acceptors (Lipinski definition) is 3. The van der Waals surface area contributed by atoms with Gasteiger partial charge in [-0.3, -0.25) is 9.89 Å². The molecule has 1 heterocycles. The Bertz CT molecular complexity index is 521. The average molecular weight is 460 g/mol. The quantitative estimate of drug-likeness (QED) is 0.284. The lowest BCUT2D eigenvalue weighted by atomic mass is 9.85. The molecule has 0 amide bonds. The van der Waals surface area contributed by atoms with Crippen LogP contribution < -0.4 is 15.8 Å². The normalized spacial score (nSPS) is 21.5. The molecule has 5 nitrogen and oxygen atoms in total. The first-order valence-electron chi connectivity index (χ1n) is 9.03. The van der Waals surface area contributed by atoms with Gasteiger partial charge in [0.1, 0.15) is 5.75 Å². The van der Waals surface area contributed by atoms with Crippen molar-refractivity contribution in [3.8, 4) is 5.75 Å². The van der Waals surface area contributed by atoms with Crippen molar-refractivity contribution in [2.75, 3.05) is 33.8 Å². The van der Waals surface area contributed by atoms with Gasteiger partial charge >= 0.3 is 0 Å². The van der Waals surface area contributed by atoms with Crippen LogP contribution in [0.5, 0.6) is 5.75 Å². The second-order valence-electron chi connectivity index (χ2n) is 6.61. The summed E-state index contributed by atoms with van der Waals surface area (Å²) in [5.74, 6) is 1.96. The molecule has 142 valence electrons. The lowest BCUT2D eigenvalue weighted by molar-refractivity contribution is 0.125. The first-order chi connectivity index (χ1) is 11.7. The lowest BCUT2D eigenvalue weighted by Crippen LogP contribution is -2.38. The molecule has 0 aromatic heterocycles. The fourth-order valence-corrected chi connectivity index (χ4v) is 3.44. The summed E-state index contributed by atoms with van der Waals surface area (Å²) < 4.78 is 5.28. The Kier molecular flexibility index (Phi) is 10.2. The molecule has 1 fully saturated rings. The van der Waals surface area contributed by atoms with E-state index in [1.54, 1.807) is 7.11 Å². The number of halogens is 1. The second-order valence-corrected chi connectivity index (χ2v) is 6.61. The summed E-state index contributed by atoms with van der Waals surface area (Å²) in [5.41, 5.74) is 7.33. The Hall–Kier alpha value is -1.02. The maximum Gasteiger partial charge on any atom is 0.188 e. The van der Waals surface area contributed by atoms with Crippen LogP contribution in [0.25, 0.3) is 0 Å². The van der Waals surface area contributed by atoms with Gasteiger partial charge in [-0.05, 0) is 56.5 Å². The van der Waals surface area contributed by atoms with Gasteiger partial charge in [0.05, 0.1) is 7.11 Å². The Morgan fingerprint density at radius 3 is 2.72 bits per heavy atom. The Morgan fingerprint density at radius 2 is 2.08 bits per heavy atom. The zero-order valence-electron chi connectivity index (χ0n) is 15.7. The van der Waals surface area contributed by atoms with E-state index < -0.39 is 0 Å². The molecule has 0 bridgehead atoms. The van der Waals surface area contributed by atoms with Crippen LogP contribution >= 0.6 is 24.0 Å². The lowest BCUT2D eigenvalue weighted by Gasteiger charge is -2.39. The predicted octanol–water partition coefficient (Wildman–Crippen LogP) is 3.40. The summed E-state index contributed by atoms with van der Waals surface area (Å²) in [7, 11) is 3.90. The highest BCUT2D eigenvalue weighted by molar-refractivity contribution is 14.0. The largest absolute Gasteiger partial charge is 0.497 e. The highest BCUT2D eigenvalue weighted by atomic mass is 127. The molecule has 1 aliphatic rings. The topological polar surface area (TPSA) is 62.9 Å². The van der Waals surface area contributed by atoms with Crippen LogP contribution in [0.1, 0.15) is 44.2 Å². The molecular weight excluding hydrogens is 427 g/mol. The SMILES string of the molecule is CCCCNC(N)=NCC1CCCN(C)C1c1ccc(OC)cc1.I. The van der Waals surface area contributed by atoms with Gasteiger partial charge in [-0.15, -0.1) is 24.0 Å². The van der Waals surface area contributed by atoms with Gasteiger partial charge in [0.2, 0.25) is 0 Å². The molecule has 25 heavy (non-hydrogen) atoms. The van der Waals surface area contributed by atoms with E-state index in [1.165, 1.54) is 18.4 Å². The van der Waals surface area contributed by atoms with E-state index in [1.807, 2.05) is 12.1 Å². The van der Waals surface area contributed by atoms with E-state index in [2.05, 4.69) is 41.3 Å². The van der Waals surface area contributed by atoms with Crippen LogP contribution in [-0.4, -0.2) is 44.7 Å². The molecule has 3 N–H and O–H groups in total. The minimum atomic E-state index is 0. The van der Waals surface area contributed by atoms with Crippen molar-refractivity contribution in [3.63, 3.8) is 0 Å². The van der Waals surface area contributed by atoms with Crippen molar-refractivity contribution in [2.45, 2.75) is 38.6 Å². The number of hydrogen-bond donors (Lipinski definition) is 2. The zero-order chi connectivity index (χ0) is 17.4. The van der Waals surface area contributed by atoms with Gasteiger partial charge in [-0.2, -0.15) is 0 Å². The first kappa shape index (κ1) is 22.0. The second kappa shape index (κ2) is 11.6. The van der Waals surface area contributed by atoms with Crippen molar-refractivity contribution in [1.82, 2.24) is 10.2 Å². The summed E-state index contributed by atoms with van der Waals surface area (Å²) in [6.45, 7) is 4.97. The van der Waals surface area contributed by atoms with E-state index in [4.69, 9.17) is 10.5 Å². The van der Waals surface area contributed by atoms with Gasteiger partial charge < -0.3 is 15.8 Å². The number of nitrogens with one attached hydrogen (secondary N) is 1. The van der Waals surface area contributed by atoms with Gasteiger partial charge in [0.15, 0.2) is 5.96 Å². The summed E-state index contributed by atoms with van der Waals surface area (Å²) in [6.07, 6.45) is 4.68. The third kappa shape index (κ3) is 6.66. The van der Waals surface area contributed by atoms with E-state index in [0.29, 0.717) is 17.9 Å². The third-order valence-electron chi connectivity index (χ3n) is 4.80. The number of benzene rings is 1. The van der Waals surface area contributed by atoms with Crippen molar-refractivity contribution >= 4 is 29.9 Å². The van der Waals surface area contributed by atoms with E-state index >= 15 is 0 Å². The molecule has 0 spiro atoms. The molecule has 2 unspecified atom stereocenters. The number of aliphatic imine (C=N–C) groups is 1. The van der Waals surface area contributed by atoms with Gasteiger partial charge in [0, 0.05) is 19.1 Å². The van der Waals surface area contributed by atoms with Crippen molar-refractivity contribution < 1.29 is 4.74 Å². The predicted molar refractivity (Wildman–Crippen MR) is 116 cm³/mol. The standard InChI is InChI=1S/C19H32N4O.HI/c1-4-5-12-21-19(20)22-14-16-7-6-13-23(2)18(16)15-8-10-17(24-3)11-9-15;/h8-11,16,18H,4-7,12-14H2,1-3H3,(H3,20,21,22);1H. The van der Waals surface area contributed by atoms with Crippen molar-refractivity contribution in [1.29, 1.82) is 0 Å². The molecule has 2 rings (SSSR count). The van der Waals surface area contributed by atoms with Crippen LogP contribution in [0, 0.1) is 5.92 Å². The highest BCUT2D eigenvalue weighted by Crippen LogP contribution is 2.35. The number of piperidine rings is 1. The minimum Gasteiger partial charge on any atom is -0.497 e. The first-order valence-corrected chi connectivity index (χ1v) is 9.03. The number of guanidine groups is 1. The highest BCUT2D eigenvalue weighted by Gasteiger charge is 2.30. The molecule has 2 atom stereocenters. The maximum absolute atomic E-state index is 6.00. The smallest absolute Gasteiger partial charge is 0.188 e. The fraction of sp³-hybridized carbons (Fsp3) is 0.632. The fourth-order valence-electron chi connectivity index (χ4n) is 3.44. The van der Waals surface area contributed by atoms with Gasteiger partial charge in [0.25, 0.3) is 0 Å². The summed E-state index contributed by atoms with van der Waals surface area (Å²) >= 11 is 0. The summed E-state index contributed by atoms with van der Waals surface area (Å²) in [5, 5.41) is 3.20. The Labute approximate surface area is 169 Å². The van der Waals surface area contributed by atoms with Crippen LogP contribution in [0.2, 0.25) is 0 Å². The molecule has 1 aromatic carbocycles. The molecule has 6 heteroatoms. The van der Waals surface area contributed by atoms with Crippen LogP contribution in [0.4, 0.5) is 0 Å². The molecule has 0 radical (unpaired) electrons. The zero-order valence-corrected chi connectivity index (χ0v) is 18.0. The molecule has 1 aromatic rings. The summed E-state index contributed by atoms with van der Waals surface area (Å²) in [6, 6.07) is 8.81. The van der Waals surface area contributed by atoms with Gasteiger partial charge in [-0.25, -0.2) is 0 Å². The minimum absolute atomic E-state index is 0. The monoisotopic (exact) mass is 460 g/mol. The Morgan fingerprint density at radius 1 is 1.36 bits per heavy atom. The van der Waals surface area contributed by atoms with Crippen LogP contribution in [-0.2, 0) is 0 Å². The maximum atomic E-state index is 6.00. The number of nitrogens with zero attached hydrogens (tertiary/aromatic N) is 2. The molecular formula is C19H33IN4O. The number of rotatable bonds is 7. The summed E-state index contributed by atoms with van der Waals surface area (Å²) in [4.78, 5) is 7.03. The average Bonchev–Trinajstić information content (AvgIpc) is 2.60. The van der Waals surface area contributed by atoms with Gasteiger partial charge in [-0.1, -0.05) is 25.5 Å². The molecule has 0 aliphatic carbocycles. The molecule has 1 aliphatic heterocycles. The third-order valence-corrected chi connectivity index (χ3v) is 4.80. The van der Waals surface area contributed by atoms with Crippen molar-refractivity contribution in [3.05, 3.63) is 29.8 Å². The number of nitrogens with two attached hydrogens (primary N) is 1. The number of unbranched alkanes of at least 4 members (excludes halogenated alkanes) is 1. The molecule has 0 saturated carbocycles. The molecule has 1 saturated heterocycles. The Balaban J connectivity index is 0.00000312. The van der Waals surface area contributed by atoms with E-state index in [9.17, 15) is 0 Å². The van der Waals surface area contributed by atoms with E-state index in [0.717, 1.165) is 38.2 Å². The van der Waals surface area contributed by atoms with E-state index in [-0.39, 0.29) is 24.0 Å². The number of likely N-dealkylation sites (tertiary alicyclic amines) is 1. The number of ether oxygens (including phenoxy) is 1. The van der Waals surface area contributed by atoms with Crippen molar-refractivity contribution in [2.24, 2.45) is 16.6 Å². The van der Waals surface area contributed by atoms with Crippen LogP contribution in [0.15, 0.2) is 29.3 Å². The van der Waals surface area contributed by atoms with Crippen LogP contribution in [0.3, 0.4) is 0 Å². The number of methoxy groups -OCH3 is 1.